The molecule has 0 spiro atoms. The third-order valence-corrected chi connectivity index (χ3v) is 5.79. The zero-order valence-corrected chi connectivity index (χ0v) is 20.9. The molecular formula is C28H42NO2+. The van der Waals surface area contributed by atoms with E-state index in [9.17, 15) is 4.79 Å². The number of nitrogens with zero attached hydrogens (tertiary/aromatic N) is 1. The van der Waals surface area contributed by atoms with Crippen LogP contribution in [0, 0.1) is 0 Å². The lowest BCUT2D eigenvalue weighted by Crippen LogP contribution is -2.39. The van der Waals surface area contributed by atoms with E-state index in [2.05, 4.69) is 104 Å². The molecule has 0 saturated heterocycles. The molecule has 170 valence electrons. The van der Waals surface area contributed by atoms with Crippen LogP contribution in [0.15, 0.2) is 48.5 Å². The van der Waals surface area contributed by atoms with Gasteiger partial charge in [0.1, 0.15) is 13.2 Å². The van der Waals surface area contributed by atoms with Gasteiger partial charge in [-0.2, -0.15) is 0 Å². The van der Waals surface area contributed by atoms with Crippen LogP contribution in [-0.2, 0) is 33.5 Å². The van der Waals surface area contributed by atoms with Crippen molar-refractivity contribution >= 4 is 5.97 Å². The number of ether oxygens (including phenoxy) is 1. The van der Waals surface area contributed by atoms with E-state index in [0.29, 0.717) is 13.0 Å². The maximum Gasteiger partial charge on any atom is 0.306 e. The number of esters is 1. The molecule has 0 radical (unpaired) electrons. The van der Waals surface area contributed by atoms with E-state index in [0.717, 1.165) is 29.6 Å². The van der Waals surface area contributed by atoms with Crippen LogP contribution in [0.5, 0.6) is 0 Å². The van der Waals surface area contributed by atoms with E-state index in [1.807, 2.05) is 0 Å². The standard InChI is InChI=1S/C28H42NO2/c1-27(2,3)24-15-11-22(12-16-24)20-29(7,8)19-9-10-26(30)31-21-23-13-17-25(18-14-23)28(4,5)6/h11-18H,9-10,19-21H2,1-8H3/q+1. The summed E-state index contributed by atoms with van der Waals surface area (Å²) in [6, 6.07) is 17.3. The first kappa shape index (κ1) is 25.1. The van der Waals surface area contributed by atoms with Crippen molar-refractivity contribution in [3.8, 4) is 0 Å². The number of benzene rings is 2. The van der Waals surface area contributed by atoms with Crippen molar-refractivity contribution in [3.05, 3.63) is 70.8 Å². The van der Waals surface area contributed by atoms with E-state index in [1.165, 1.54) is 16.7 Å². The number of carbonyl (C=O) groups excluding carboxylic acids is 1. The van der Waals surface area contributed by atoms with Crippen molar-refractivity contribution < 1.29 is 14.0 Å². The van der Waals surface area contributed by atoms with Crippen molar-refractivity contribution in [1.29, 1.82) is 0 Å². The van der Waals surface area contributed by atoms with Gasteiger partial charge in [-0.05, 0) is 27.5 Å². The number of carbonyl (C=O) groups is 1. The monoisotopic (exact) mass is 424 g/mol. The number of hydrogen-bond donors (Lipinski definition) is 0. The van der Waals surface area contributed by atoms with Crippen molar-refractivity contribution in [2.24, 2.45) is 0 Å². The molecule has 3 nitrogen and oxygen atoms in total. The van der Waals surface area contributed by atoms with Gasteiger partial charge in [0.05, 0.1) is 27.1 Å². The minimum Gasteiger partial charge on any atom is -0.461 e. The van der Waals surface area contributed by atoms with Gasteiger partial charge in [-0.15, -0.1) is 0 Å². The molecule has 3 heteroatoms. The first-order valence-electron chi connectivity index (χ1n) is 11.4. The third kappa shape index (κ3) is 8.49. The average molecular weight is 425 g/mol. The summed E-state index contributed by atoms with van der Waals surface area (Å²) >= 11 is 0. The highest BCUT2D eigenvalue weighted by Crippen LogP contribution is 2.24. The lowest BCUT2D eigenvalue weighted by atomic mass is 9.86. The Morgan fingerprint density at radius 2 is 1.23 bits per heavy atom. The summed E-state index contributed by atoms with van der Waals surface area (Å²) < 4.78 is 6.34. The third-order valence-electron chi connectivity index (χ3n) is 5.79. The predicted molar refractivity (Wildman–Crippen MR) is 130 cm³/mol. The van der Waals surface area contributed by atoms with Gasteiger partial charge in [0, 0.05) is 12.0 Å². The Labute approximate surface area is 190 Å². The van der Waals surface area contributed by atoms with E-state index < -0.39 is 0 Å². The van der Waals surface area contributed by atoms with Crippen LogP contribution in [0.25, 0.3) is 0 Å². The van der Waals surface area contributed by atoms with Crippen molar-refractivity contribution in [3.63, 3.8) is 0 Å². The van der Waals surface area contributed by atoms with Crippen LogP contribution in [0.1, 0.15) is 76.6 Å². The molecule has 0 aliphatic rings. The van der Waals surface area contributed by atoms with Gasteiger partial charge in [-0.3, -0.25) is 4.79 Å². The van der Waals surface area contributed by atoms with Crippen LogP contribution >= 0.6 is 0 Å². The Balaban J connectivity index is 1.75. The number of quaternary nitrogens is 1. The second kappa shape index (κ2) is 9.99. The SMILES string of the molecule is CC(C)(C)c1ccc(COC(=O)CCC[N+](C)(C)Cc2ccc(C(C)(C)C)cc2)cc1. The van der Waals surface area contributed by atoms with Gasteiger partial charge in [0.2, 0.25) is 0 Å². The van der Waals surface area contributed by atoms with Gasteiger partial charge < -0.3 is 9.22 Å². The maximum atomic E-state index is 12.2. The molecule has 0 unspecified atom stereocenters. The predicted octanol–water partition coefficient (Wildman–Crippen LogP) is 6.38. The summed E-state index contributed by atoms with van der Waals surface area (Å²) in [6.07, 6.45) is 1.29. The first-order chi connectivity index (χ1) is 14.3. The van der Waals surface area contributed by atoms with E-state index in [1.54, 1.807) is 0 Å². The minimum atomic E-state index is -0.116. The lowest BCUT2D eigenvalue weighted by Gasteiger charge is -2.30. The molecule has 31 heavy (non-hydrogen) atoms. The van der Waals surface area contributed by atoms with Crippen LogP contribution in [-0.4, -0.2) is 31.1 Å². The molecule has 0 atom stereocenters. The molecule has 0 amide bonds. The Morgan fingerprint density at radius 3 is 1.68 bits per heavy atom. The van der Waals surface area contributed by atoms with Gasteiger partial charge >= 0.3 is 5.97 Å². The Morgan fingerprint density at radius 1 is 0.774 bits per heavy atom. The smallest absolute Gasteiger partial charge is 0.306 e. The molecule has 0 aliphatic carbocycles. The minimum absolute atomic E-state index is 0.116. The van der Waals surface area contributed by atoms with Gasteiger partial charge in [0.25, 0.3) is 0 Å². The van der Waals surface area contributed by atoms with Crippen molar-refractivity contribution in [1.82, 2.24) is 0 Å². The molecular weight excluding hydrogens is 382 g/mol. The van der Waals surface area contributed by atoms with E-state index in [-0.39, 0.29) is 16.8 Å². The van der Waals surface area contributed by atoms with Gasteiger partial charge in [-0.1, -0.05) is 90.1 Å². The highest BCUT2D eigenvalue weighted by molar-refractivity contribution is 5.69. The summed E-state index contributed by atoms with van der Waals surface area (Å²) in [5.41, 5.74) is 5.33. The molecule has 2 rings (SSSR count). The second-order valence-corrected chi connectivity index (χ2v) is 11.5. The highest BCUT2D eigenvalue weighted by atomic mass is 16.5. The molecule has 2 aromatic rings. The molecule has 0 fully saturated rings. The fourth-order valence-corrected chi connectivity index (χ4v) is 3.67. The topological polar surface area (TPSA) is 26.3 Å². The molecule has 0 bridgehead atoms. The fourth-order valence-electron chi connectivity index (χ4n) is 3.67. The molecule has 0 aliphatic heterocycles. The lowest BCUT2D eigenvalue weighted by molar-refractivity contribution is -0.903. The van der Waals surface area contributed by atoms with Crippen molar-refractivity contribution in [2.45, 2.75) is 78.4 Å². The van der Waals surface area contributed by atoms with Crippen LogP contribution in [0.3, 0.4) is 0 Å². The zero-order valence-electron chi connectivity index (χ0n) is 20.9. The molecule has 0 N–H and O–H groups in total. The van der Waals surface area contributed by atoms with Crippen LogP contribution in [0.4, 0.5) is 0 Å². The summed E-state index contributed by atoms with van der Waals surface area (Å²) in [6.45, 7) is 15.6. The summed E-state index contributed by atoms with van der Waals surface area (Å²) in [4.78, 5) is 12.2. The average Bonchev–Trinajstić information content (AvgIpc) is 2.65. The van der Waals surface area contributed by atoms with Gasteiger partial charge in [0.15, 0.2) is 0 Å². The fraction of sp³-hybridized carbons (Fsp3) is 0.536. The largest absolute Gasteiger partial charge is 0.461 e. The summed E-state index contributed by atoms with van der Waals surface area (Å²) in [5.74, 6) is -0.116. The van der Waals surface area contributed by atoms with Crippen molar-refractivity contribution in [2.75, 3.05) is 20.6 Å². The van der Waals surface area contributed by atoms with Crippen LogP contribution < -0.4 is 0 Å². The Kier molecular flexibility index (Phi) is 8.10. The normalized spacial score (nSPS) is 12.6. The molecule has 2 aromatic carbocycles. The van der Waals surface area contributed by atoms with Crippen LogP contribution in [0.2, 0.25) is 0 Å². The Hall–Kier alpha value is -2.13. The highest BCUT2D eigenvalue weighted by Gasteiger charge is 2.18. The first-order valence-corrected chi connectivity index (χ1v) is 11.4. The molecule has 0 heterocycles. The zero-order chi connectivity index (χ0) is 23.3. The molecule has 0 saturated carbocycles. The summed E-state index contributed by atoms with van der Waals surface area (Å²) in [7, 11) is 4.44. The number of rotatable bonds is 8. The van der Waals surface area contributed by atoms with E-state index >= 15 is 0 Å². The Bertz CT molecular complexity index is 835. The second-order valence-electron chi connectivity index (χ2n) is 11.5. The van der Waals surface area contributed by atoms with E-state index in [4.69, 9.17) is 4.74 Å². The quantitative estimate of drug-likeness (QED) is 0.363. The summed E-state index contributed by atoms with van der Waals surface area (Å²) in [5, 5.41) is 0. The number of hydrogen-bond acceptors (Lipinski definition) is 2. The van der Waals surface area contributed by atoms with Gasteiger partial charge in [-0.25, -0.2) is 0 Å². The molecule has 0 aromatic heterocycles. The maximum absolute atomic E-state index is 12.2.